The molecule has 0 aliphatic carbocycles. The first-order valence-electron chi connectivity index (χ1n) is 8.59. The Bertz CT molecular complexity index is 1060. The number of nitrogens with two attached hydrogens (primary N) is 2. The van der Waals surface area contributed by atoms with Crippen LogP contribution in [0, 0.1) is 12.7 Å². The zero-order chi connectivity index (χ0) is 21.1. The Kier molecular flexibility index (Phi) is 5.85. The van der Waals surface area contributed by atoms with Gasteiger partial charge in [0.05, 0.1) is 22.6 Å². The van der Waals surface area contributed by atoms with Crippen LogP contribution in [0.3, 0.4) is 0 Å². The van der Waals surface area contributed by atoms with E-state index >= 15 is 0 Å². The van der Waals surface area contributed by atoms with Crippen molar-refractivity contribution in [2.45, 2.75) is 19.9 Å². The number of aryl methyl sites for hydroxylation is 1. The minimum atomic E-state index is -0.871. The monoisotopic (exact) mass is 414 g/mol. The Morgan fingerprint density at radius 1 is 1.24 bits per heavy atom. The van der Waals surface area contributed by atoms with E-state index in [9.17, 15) is 14.0 Å². The summed E-state index contributed by atoms with van der Waals surface area (Å²) >= 11 is 1.18. The first kappa shape index (κ1) is 20.4. The fourth-order valence-electron chi connectivity index (χ4n) is 2.71. The van der Waals surface area contributed by atoms with E-state index in [-0.39, 0.29) is 22.7 Å². The number of rotatable bonds is 7. The van der Waals surface area contributed by atoms with Gasteiger partial charge in [0.1, 0.15) is 16.9 Å². The predicted octanol–water partition coefficient (Wildman–Crippen LogP) is 2.78. The summed E-state index contributed by atoms with van der Waals surface area (Å²) in [7, 11) is 0. The lowest BCUT2D eigenvalue weighted by Crippen LogP contribution is -2.45. The molecule has 3 aromatic rings. The SMILES string of the molecule is Cc1cc(Nc2cc(N(N)C(C)C(=O)c3ccncc3)c(F)cc2C(N)=O)sn1. The van der Waals surface area contributed by atoms with Crippen LogP contribution in [0.15, 0.2) is 42.7 Å². The molecule has 0 aliphatic rings. The maximum Gasteiger partial charge on any atom is 0.250 e. The average molecular weight is 414 g/mol. The highest BCUT2D eigenvalue weighted by Gasteiger charge is 2.25. The van der Waals surface area contributed by atoms with E-state index in [1.165, 1.54) is 30.0 Å². The van der Waals surface area contributed by atoms with Crippen molar-refractivity contribution in [2.24, 2.45) is 11.6 Å². The van der Waals surface area contributed by atoms with Gasteiger partial charge in [-0.25, -0.2) is 10.2 Å². The molecular formula is C19H19FN6O2S. The van der Waals surface area contributed by atoms with Crippen LogP contribution < -0.4 is 21.9 Å². The Labute approximate surface area is 170 Å². The molecule has 1 aromatic carbocycles. The number of aromatic nitrogens is 2. The lowest BCUT2D eigenvalue weighted by molar-refractivity contribution is 0.0961. The Morgan fingerprint density at radius 2 is 1.93 bits per heavy atom. The first-order chi connectivity index (χ1) is 13.8. The highest BCUT2D eigenvalue weighted by Crippen LogP contribution is 2.31. The van der Waals surface area contributed by atoms with Crippen LogP contribution in [0.4, 0.5) is 20.8 Å². The maximum absolute atomic E-state index is 14.7. The number of nitrogens with one attached hydrogen (secondary N) is 1. The Morgan fingerprint density at radius 3 is 2.52 bits per heavy atom. The molecule has 0 fully saturated rings. The minimum Gasteiger partial charge on any atom is -0.366 e. The van der Waals surface area contributed by atoms with Crippen molar-refractivity contribution in [3.05, 3.63) is 65.4 Å². The second kappa shape index (κ2) is 8.33. The lowest BCUT2D eigenvalue weighted by Gasteiger charge is -2.26. The van der Waals surface area contributed by atoms with Gasteiger partial charge in [0, 0.05) is 18.0 Å². The fourth-order valence-corrected chi connectivity index (χ4v) is 3.39. The molecule has 0 spiro atoms. The van der Waals surface area contributed by atoms with E-state index in [0.717, 1.165) is 16.8 Å². The van der Waals surface area contributed by atoms with Crippen molar-refractivity contribution in [2.75, 3.05) is 10.3 Å². The topological polar surface area (TPSA) is 127 Å². The molecule has 1 unspecified atom stereocenters. The van der Waals surface area contributed by atoms with E-state index in [0.29, 0.717) is 10.6 Å². The normalized spacial score (nSPS) is 11.7. The van der Waals surface area contributed by atoms with E-state index in [2.05, 4.69) is 14.7 Å². The third kappa shape index (κ3) is 4.39. The lowest BCUT2D eigenvalue weighted by atomic mass is 10.0. The van der Waals surface area contributed by atoms with Gasteiger partial charge in [-0.2, -0.15) is 4.37 Å². The number of carbonyl (C=O) groups is 2. The van der Waals surface area contributed by atoms with E-state index in [1.807, 2.05) is 6.92 Å². The largest absolute Gasteiger partial charge is 0.366 e. The van der Waals surface area contributed by atoms with Gasteiger partial charge in [-0.05, 0) is 55.7 Å². The van der Waals surface area contributed by atoms with Gasteiger partial charge in [0.2, 0.25) is 0 Å². The number of hydrogen-bond acceptors (Lipinski definition) is 8. The van der Waals surface area contributed by atoms with E-state index in [4.69, 9.17) is 11.6 Å². The predicted molar refractivity (Wildman–Crippen MR) is 110 cm³/mol. The summed E-state index contributed by atoms with van der Waals surface area (Å²) in [6, 6.07) is 6.35. The molecule has 5 N–H and O–H groups in total. The third-order valence-corrected chi connectivity index (χ3v) is 5.07. The molecule has 3 rings (SSSR count). The smallest absolute Gasteiger partial charge is 0.250 e. The number of amides is 1. The Balaban J connectivity index is 1.96. The maximum atomic E-state index is 14.7. The van der Waals surface area contributed by atoms with Crippen molar-refractivity contribution in [3.8, 4) is 0 Å². The van der Waals surface area contributed by atoms with Crippen LogP contribution >= 0.6 is 11.5 Å². The van der Waals surface area contributed by atoms with Crippen molar-refractivity contribution >= 4 is 39.6 Å². The van der Waals surface area contributed by atoms with Crippen molar-refractivity contribution in [1.82, 2.24) is 9.36 Å². The molecular weight excluding hydrogens is 395 g/mol. The number of ketones is 1. The molecule has 0 bridgehead atoms. The minimum absolute atomic E-state index is 0.0428. The van der Waals surface area contributed by atoms with Gasteiger partial charge in [-0.15, -0.1) is 0 Å². The standard InChI is InChI=1S/C19H19FN6O2S/c1-10-7-17(29-25-10)24-15-9-16(14(20)8-13(15)19(21)28)26(22)11(2)18(27)12-3-5-23-6-4-12/h3-9,11,24H,22H2,1-2H3,(H2,21,28). The second-order valence-corrected chi connectivity index (χ2v) is 7.16. The summed E-state index contributed by atoms with van der Waals surface area (Å²) in [5.41, 5.74) is 6.73. The Hall–Kier alpha value is -3.37. The van der Waals surface area contributed by atoms with Gasteiger partial charge in [-0.1, -0.05) is 0 Å². The summed E-state index contributed by atoms with van der Waals surface area (Å²) in [6.07, 6.45) is 2.98. The van der Waals surface area contributed by atoms with Crippen LogP contribution in [0.5, 0.6) is 0 Å². The highest BCUT2D eigenvalue weighted by atomic mass is 32.1. The molecule has 2 aromatic heterocycles. The molecule has 10 heteroatoms. The third-order valence-electron chi connectivity index (χ3n) is 4.28. The number of benzene rings is 1. The second-order valence-electron chi connectivity index (χ2n) is 6.35. The van der Waals surface area contributed by atoms with E-state index in [1.54, 1.807) is 25.1 Å². The molecule has 0 saturated carbocycles. The summed E-state index contributed by atoms with van der Waals surface area (Å²) in [6.45, 7) is 3.38. The number of primary amides is 1. The van der Waals surface area contributed by atoms with Crippen molar-refractivity contribution in [3.63, 3.8) is 0 Å². The van der Waals surface area contributed by atoms with Crippen LogP contribution in [-0.2, 0) is 0 Å². The molecule has 1 atom stereocenters. The van der Waals surface area contributed by atoms with Gasteiger partial charge < -0.3 is 11.1 Å². The number of carbonyl (C=O) groups excluding carboxylic acids is 2. The molecule has 1 amide bonds. The zero-order valence-corrected chi connectivity index (χ0v) is 16.5. The van der Waals surface area contributed by atoms with Gasteiger partial charge in [0.25, 0.3) is 5.91 Å². The molecule has 0 aliphatic heterocycles. The number of anilines is 3. The van der Waals surface area contributed by atoms with Gasteiger partial charge >= 0.3 is 0 Å². The first-order valence-corrected chi connectivity index (χ1v) is 9.37. The van der Waals surface area contributed by atoms with Crippen LogP contribution in [0.1, 0.15) is 33.3 Å². The van der Waals surface area contributed by atoms with Crippen LogP contribution in [-0.4, -0.2) is 27.1 Å². The highest BCUT2D eigenvalue weighted by molar-refractivity contribution is 7.10. The van der Waals surface area contributed by atoms with Gasteiger partial charge in [0.15, 0.2) is 5.78 Å². The fraction of sp³-hybridized carbons (Fsp3) is 0.158. The number of nitrogens with zero attached hydrogens (tertiary/aromatic N) is 3. The van der Waals surface area contributed by atoms with Crippen molar-refractivity contribution < 1.29 is 14.0 Å². The average Bonchev–Trinajstić information content (AvgIpc) is 3.12. The summed E-state index contributed by atoms with van der Waals surface area (Å²) < 4.78 is 18.9. The van der Waals surface area contributed by atoms with Gasteiger partial charge in [-0.3, -0.25) is 19.6 Å². The number of hydrazine groups is 1. The number of halogens is 1. The number of hydrogen-bond donors (Lipinski definition) is 3. The van der Waals surface area contributed by atoms with Crippen LogP contribution in [0.2, 0.25) is 0 Å². The molecule has 2 heterocycles. The summed E-state index contributed by atoms with van der Waals surface area (Å²) in [4.78, 5) is 28.3. The summed E-state index contributed by atoms with van der Waals surface area (Å²) in [5.74, 6) is 4.19. The summed E-state index contributed by atoms with van der Waals surface area (Å²) in [5, 5.41) is 4.68. The number of Topliss-reactive ketones (excluding diaryl/α,β-unsaturated/α-hetero) is 1. The molecule has 29 heavy (non-hydrogen) atoms. The number of pyridine rings is 1. The molecule has 8 nitrogen and oxygen atoms in total. The van der Waals surface area contributed by atoms with Crippen molar-refractivity contribution in [1.29, 1.82) is 0 Å². The molecule has 0 radical (unpaired) electrons. The zero-order valence-electron chi connectivity index (χ0n) is 15.7. The molecule has 0 saturated heterocycles. The van der Waals surface area contributed by atoms with Crippen LogP contribution in [0.25, 0.3) is 0 Å². The molecule has 150 valence electrons. The van der Waals surface area contributed by atoms with E-state index < -0.39 is 17.8 Å². The quantitative estimate of drug-likeness (QED) is 0.308.